The van der Waals surface area contributed by atoms with E-state index in [9.17, 15) is 10.2 Å². The maximum atomic E-state index is 10.8. The lowest BCUT2D eigenvalue weighted by Crippen LogP contribution is -2.50. The van der Waals surface area contributed by atoms with E-state index in [0.29, 0.717) is 17.3 Å². The molecule has 2 unspecified atom stereocenters. The average molecular weight is 376 g/mol. The maximum absolute atomic E-state index is 10.8. The van der Waals surface area contributed by atoms with E-state index in [4.69, 9.17) is 0 Å². The Morgan fingerprint density at radius 3 is 2.40 bits per heavy atom. The molecule has 2 N–H and O–H groups in total. The number of aliphatic hydroxyl groups is 1. The summed E-state index contributed by atoms with van der Waals surface area (Å²) in [5, 5.41) is 23.2. The number of phenolic OH excluding ortho intramolecular Hbond substituents is 1. The van der Waals surface area contributed by atoms with Crippen LogP contribution in [0.2, 0.25) is 0 Å². The van der Waals surface area contributed by atoms with Gasteiger partial charge < -0.3 is 10.2 Å². The normalized spacial score (nSPS) is 28.8. The minimum absolute atomic E-state index is 0.106. The maximum Gasteiger partial charge on any atom is 0.115 e. The van der Waals surface area contributed by atoms with Crippen LogP contribution in [0.15, 0.2) is 46.0 Å². The predicted molar refractivity (Wildman–Crippen MR) is 104 cm³/mol. The van der Waals surface area contributed by atoms with Crippen molar-refractivity contribution in [3.63, 3.8) is 0 Å². The van der Waals surface area contributed by atoms with E-state index in [1.807, 2.05) is 35.2 Å². The Kier molecular flexibility index (Phi) is 5.09. The molecule has 0 aliphatic carbocycles. The number of phenols is 1. The van der Waals surface area contributed by atoms with Gasteiger partial charge >= 0.3 is 0 Å². The number of thiophene rings is 1. The summed E-state index contributed by atoms with van der Waals surface area (Å²) in [4.78, 5) is 2.57. The molecule has 0 radical (unpaired) electrons. The van der Waals surface area contributed by atoms with Crippen LogP contribution < -0.4 is 0 Å². The van der Waals surface area contributed by atoms with E-state index in [1.54, 1.807) is 12.1 Å². The molecular formula is C20H25NO2S2. The Bertz CT molecular complexity index is 674. The fourth-order valence-corrected chi connectivity index (χ4v) is 6.90. The molecule has 2 aromatic rings. The lowest BCUT2D eigenvalue weighted by atomic mass is 9.95. The molecule has 4 rings (SSSR count). The number of benzene rings is 1. The molecule has 3 nitrogen and oxygen atoms in total. The lowest BCUT2D eigenvalue weighted by Gasteiger charge is -2.43. The van der Waals surface area contributed by atoms with Gasteiger partial charge in [0.2, 0.25) is 0 Å². The Morgan fingerprint density at radius 2 is 1.80 bits per heavy atom. The summed E-state index contributed by atoms with van der Waals surface area (Å²) in [5.74, 6) is 0.245. The van der Waals surface area contributed by atoms with E-state index >= 15 is 0 Å². The molecule has 2 aliphatic rings. The predicted octanol–water partition coefficient (Wildman–Crippen LogP) is 4.66. The van der Waals surface area contributed by atoms with Crippen LogP contribution in [0.3, 0.4) is 0 Å². The molecule has 2 aliphatic heterocycles. The smallest absolute Gasteiger partial charge is 0.115 e. The van der Waals surface area contributed by atoms with Crippen molar-refractivity contribution in [1.82, 2.24) is 4.90 Å². The SMILES string of the molecule is C[C@@H]([C@H](O)c1ccc(O)cc1)N1C2CCC1CC(Sc1cccs1)C2. The number of hydrogen-bond donors (Lipinski definition) is 2. The Morgan fingerprint density at radius 1 is 1.12 bits per heavy atom. The van der Waals surface area contributed by atoms with Crippen molar-refractivity contribution >= 4 is 23.1 Å². The molecule has 2 fully saturated rings. The molecule has 1 aromatic heterocycles. The molecular weight excluding hydrogens is 350 g/mol. The van der Waals surface area contributed by atoms with E-state index in [-0.39, 0.29) is 11.8 Å². The summed E-state index contributed by atoms with van der Waals surface area (Å²) in [5.41, 5.74) is 0.889. The second kappa shape index (κ2) is 7.31. The molecule has 134 valence electrons. The van der Waals surface area contributed by atoms with Crippen molar-refractivity contribution in [3.8, 4) is 5.75 Å². The second-order valence-electron chi connectivity index (χ2n) is 7.25. The first-order chi connectivity index (χ1) is 12.1. The van der Waals surface area contributed by atoms with Gasteiger partial charge in [-0.25, -0.2) is 0 Å². The molecule has 1 aromatic carbocycles. The molecule has 0 saturated carbocycles. The van der Waals surface area contributed by atoms with E-state index in [1.165, 1.54) is 29.9 Å². The Hall–Kier alpha value is -1.01. The van der Waals surface area contributed by atoms with Gasteiger partial charge in [0.25, 0.3) is 0 Å². The van der Waals surface area contributed by atoms with Gasteiger partial charge in [-0.2, -0.15) is 0 Å². The third-order valence-electron chi connectivity index (χ3n) is 5.69. The van der Waals surface area contributed by atoms with Crippen molar-refractivity contribution in [1.29, 1.82) is 0 Å². The first-order valence-electron chi connectivity index (χ1n) is 9.06. The fourth-order valence-electron chi connectivity index (χ4n) is 4.53. The molecule has 0 spiro atoms. The minimum Gasteiger partial charge on any atom is -0.508 e. The van der Waals surface area contributed by atoms with Gasteiger partial charge in [-0.05, 0) is 61.7 Å². The number of aromatic hydroxyl groups is 1. The largest absolute Gasteiger partial charge is 0.508 e. The zero-order valence-electron chi connectivity index (χ0n) is 14.4. The fraction of sp³-hybridized carbons (Fsp3) is 0.500. The summed E-state index contributed by atoms with van der Waals surface area (Å²) in [6.45, 7) is 2.15. The Balaban J connectivity index is 1.44. The minimum atomic E-state index is -0.509. The molecule has 25 heavy (non-hydrogen) atoms. The van der Waals surface area contributed by atoms with Gasteiger partial charge in [0.05, 0.1) is 10.3 Å². The van der Waals surface area contributed by atoms with Crippen LogP contribution in [0.1, 0.15) is 44.3 Å². The van der Waals surface area contributed by atoms with Crippen LogP contribution >= 0.6 is 23.1 Å². The van der Waals surface area contributed by atoms with Crippen molar-refractivity contribution in [2.75, 3.05) is 0 Å². The lowest BCUT2D eigenvalue weighted by molar-refractivity contribution is 0.0115. The van der Waals surface area contributed by atoms with Gasteiger partial charge in [-0.15, -0.1) is 23.1 Å². The zero-order valence-corrected chi connectivity index (χ0v) is 16.0. The summed E-state index contributed by atoms with van der Waals surface area (Å²) in [6, 6.07) is 12.6. The molecule has 2 saturated heterocycles. The summed E-state index contributed by atoms with van der Waals surface area (Å²) in [7, 11) is 0. The first-order valence-corrected chi connectivity index (χ1v) is 10.8. The van der Waals surface area contributed by atoms with Crippen LogP contribution in [-0.2, 0) is 0 Å². The molecule has 5 heteroatoms. The number of thioether (sulfide) groups is 1. The van der Waals surface area contributed by atoms with Crippen LogP contribution in [0.25, 0.3) is 0 Å². The molecule has 3 heterocycles. The third kappa shape index (κ3) is 3.61. The summed E-state index contributed by atoms with van der Waals surface area (Å²) < 4.78 is 1.43. The second-order valence-corrected chi connectivity index (χ2v) is 9.80. The zero-order chi connectivity index (χ0) is 17.4. The highest BCUT2D eigenvalue weighted by atomic mass is 32.2. The van der Waals surface area contributed by atoms with Crippen LogP contribution in [0, 0.1) is 0 Å². The third-order valence-corrected chi connectivity index (χ3v) is 8.01. The van der Waals surface area contributed by atoms with Crippen molar-refractivity contribution in [2.45, 2.75) is 66.3 Å². The quantitative estimate of drug-likeness (QED) is 0.797. The first kappa shape index (κ1) is 17.4. The van der Waals surface area contributed by atoms with Crippen molar-refractivity contribution in [3.05, 3.63) is 47.3 Å². The summed E-state index contributed by atoms with van der Waals surface area (Å²) >= 11 is 3.88. The van der Waals surface area contributed by atoms with E-state index < -0.39 is 6.10 Å². The van der Waals surface area contributed by atoms with Crippen molar-refractivity contribution < 1.29 is 10.2 Å². The van der Waals surface area contributed by atoms with Crippen molar-refractivity contribution in [2.24, 2.45) is 0 Å². The van der Waals surface area contributed by atoms with E-state index in [2.05, 4.69) is 29.3 Å². The van der Waals surface area contributed by atoms with Crippen LogP contribution in [0.4, 0.5) is 0 Å². The highest BCUT2D eigenvalue weighted by Crippen LogP contribution is 2.45. The number of rotatable bonds is 5. The number of nitrogens with zero attached hydrogens (tertiary/aromatic N) is 1. The van der Waals surface area contributed by atoms with Gasteiger partial charge in [0.15, 0.2) is 0 Å². The number of hydrogen-bond acceptors (Lipinski definition) is 5. The highest BCUT2D eigenvalue weighted by Gasteiger charge is 2.44. The molecule has 0 amide bonds. The number of fused-ring (bicyclic) bond motifs is 2. The van der Waals surface area contributed by atoms with Gasteiger partial charge in [0.1, 0.15) is 5.75 Å². The number of aliphatic hydroxyl groups excluding tert-OH is 1. The van der Waals surface area contributed by atoms with Crippen LogP contribution in [-0.4, -0.2) is 38.5 Å². The average Bonchev–Trinajstić information content (AvgIpc) is 3.20. The van der Waals surface area contributed by atoms with Gasteiger partial charge in [-0.1, -0.05) is 18.2 Å². The monoisotopic (exact) mass is 375 g/mol. The standard InChI is InChI=1S/C20H25NO2S2/c1-13(20(23)14-4-8-17(22)9-5-14)21-15-6-7-16(21)12-18(11-15)25-19-3-2-10-24-19/h2-5,8-10,13,15-16,18,20,22-23H,6-7,11-12H2,1H3/t13-,15?,16?,18?,20-/m0/s1. The Labute approximate surface area is 157 Å². The van der Waals surface area contributed by atoms with Gasteiger partial charge in [-0.3, -0.25) is 4.90 Å². The number of piperidine rings is 1. The molecule has 2 bridgehead atoms. The highest BCUT2D eigenvalue weighted by molar-refractivity contribution is 8.01. The van der Waals surface area contributed by atoms with E-state index in [0.717, 1.165) is 5.56 Å². The molecule has 4 atom stereocenters. The van der Waals surface area contributed by atoms with Crippen LogP contribution in [0.5, 0.6) is 5.75 Å². The van der Waals surface area contributed by atoms with Gasteiger partial charge in [0, 0.05) is 23.4 Å². The topological polar surface area (TPSA) is 43.7 Å². The summed E-state index contributed by atoms with van der Waals surface area (Å²) in [6.07, 6.45) is 4.42.